The fraction of sp³-hybridized carbons (Fsp3) is 0.300. The number of aliphatic carboxylic acids is 3. The molecule has 0 saturated carbocycles. The van der Waals surface area contributed by atoms with E-state index in [2.05, 4.69) is 105 Å². The van der Waals surface area contributed by atoms with Gasteiger partial charge >= 0.3 is 58.4 Å². The molecule has 0 unspecified atom stereocenters. The van der Waals surface area contributed by atoms with Gasteiger partial charge in [-0.2, -0.15) is 89.5 Å². The van der Waals surface area contributed by atoms with Gasteiger partial charge < -0.3 is 29.7 Å². The summed E-state index contributed by atoms with van der Waals surface area (Å²) < 4.78 is 3.41. The molecule has 0 heterocycles. The van der Waals surface area contributed by atoms with Crippen molar-refractivity contribution >= 4 is 65.7 Å². The minimum Gasteiger partial charge on any atom is -0.550 e. The Labute approximate surface area is 314 Å². The molecule has 3 rings (SSSR count). The molecule has 0 spiro atoms. The van der Waals surface area contributed by atoms with E-state index < -0.39 is 17.9 Å². The van der Waals surface area contributed by atoms with Gasteiger partial charge in [0, 0.05) is 17.9 Å². The molecule has 0 amide bonds. The molecule has 3 aromatic rings. The molecule has 0 fully saturated rings. The molecule has 3 aromatic carbocycles. The molecule has 0 N–H and O–H groups in total. The van der Waals surface area contributed by atoms with Gasteiger partial charge in [0.15, 0.2) is 0 Å². The average molecular weight is 925 g/mol. The van der Waals surface area contributed by atoms with Gasteiger partial charge in [-0.3, -0.25) is 0 Å². The van der Waals surface area contributed by atoms with Crippen molar-refractivity contribution in [3.05, 3.63) is 103 Å². The van der Waals surface area contributed by atoms with E-state index in [1.807, 2.05) is 36.4 Å². The standard InChI is InChI=1S/3C8H8Br.3C2H4O2.3Zn/c3*1-2-7-4-3-5-8(9)6-7;3*1-2(3)4;;;/h3*3,5-6H,2H2,1H3;3*1H3,(H,3,4);;;/q3*-1;;;;3*+2/p-3. The van der Waals surface area contributed by atoms with E-state index in [9.17, 15) is 0 Å². The molecule has 0 aliphatic heterocycles. The Hall–Kier alpha value is -0.620. The quantitative estimate of drug-likeness (QED) is 0.278. The van der Waals surface area contributed by atoms with Gasteiger partial charge in [-0.1, -0.05) is 101 Å². The second-order valence-electron chi connectivity index (χ2n) is 7.13. The summed E-state index contributed by atoms with van der Waals surface area (Å²) in [5, 5.41) is 26.7. The Balaban J connectivity index is -0.0000000950. The topological polar surface area (TPSA) is 120 Å². The van der Waals surface area contributed by atoms with Crippen LogP contribution in [-0.2, 0) is 92.1 Å². The molecule has 0 bridgehead atoms. The van der Waals surface area contributed by atoms with Gasteiger partial charge in [0.25, 0.3) is 0 Å². The zero-order chi connectivity index (χ0) is 30.8. The van der Waals surface area contributed by atoms with E-state index >= 15 is 0 Å². The van der Waals surface area contributed by atoms with E-state index in [1.54, 1.807) is 0 Å². The van der Waals surface area contributed by atoms with Gasteiger partial charge in [0.05, 0.1) is 0 Å². The SMILES string of the molecule is CC(=O)[O-].CC(=O)[O-].CC(=O)[O-].CCc1[c-]ccc(Br)c1.CCc1[c-]ccc(Br)c1.CCc1[c-]ccc(Br)c1.[Zn+2].[Zn+2].[Zn+2]. The minimum atomic E-state index is -1.08. The monoisotopic (exact) mass is 918 g/mol. The summed E-state index contributed by atoms with van der Waals surface area (Å²) in [7, 11) is 0. The Morgan fingerprint density at radius 1 is 0.548 bits per heavy atom. The number of halogens is 3. The van der Waals surface area contributed by atoms with Gasteiger partial charge in [-0.15, -0.1) is 0 Å². The Morgan fingerprint density at radius 3 is 0.810 bits per heavy atom. The van der Waals surface area contributed by atoms with Crippen LogP contribution in [-0.4, -0.2) is 17.9 Å². The molecule has 216 valence electrons. The second-order valence-corrected chi connectivity index (χ2v) is 9.88. The summed E-state index contributed by atoms with van der Waals surface area (Å²) in [5.74, 6) is -3.25. The van der Waals surface area contributed by atoms with Gasteiger partial charge in [-0.25, -0.2) is 0 Å². The molecule has 0 aliphatic carbocycles. The normalized spacial score (nSPS) is 7.93. The number of aryl methyl sites for hydroxylation is 3. The van der Waals surface area contributed by atoms with Crippen molar-refractivity contribution in [3.8, 4) is 0 Å². The minimum absolute atomic E-state index is 0. The van der Waals surface area contributed by atoms with Crippen LogP contribution in [0, 0.1) is 18.2 Å². The van der Waals surface area contributed by atoms with Crippen LogP contribution in [0.3, 0.4) is 0 Å². The van der Waals surface area contributed by atoms with Crippen LogP contribution in [0.5, 0.6) is 0 Å². The van der Waals surface area contributed by atoms with E-state index in [-0.39, 0.29) is 58.4 Å². The summed E-state index contributed by atoms with van der Waals surface area (Å²) in [6, 6.07) is 27.4. The molecule has 0 saturated heterocycles. The number of carbonyl (C=O) groups excluding carboxylic acids is 3. The molecule has 12 heteroatoms. The van der Waals surface area contributed by atoms with Crippen LogP contribution in [0.2, 0.25) is 0 Å². The third-order valence-corrected chi connectivity index (χ3v) is 5.09. The fourth-order valence-electron chi connectivity index (χ4n) is 2.07. The predicted molar refractivity (Wildman–Crippen MR) is 159 cm³/mol. The second kappa shape index (κ2) is 36.6. The summed E-state index contributed by atoms with van der Waals surface area (Å²) in [6.07, 6.45) is 3.16. The first-order chi connectivity index (χ1) is 18.2. The van der Waals surface area contributed by atoms with Crippen molar-refractivity contribution in [2.45, 2.75) is 60.8 Å². The van der Waals surface area contributed by atoms with Crippen LogP contribution in [0.1, 0.15) is 58.2 Å². The van der Waals surface area contributed by atoms with Crippen molar-refractivity contribution in [1.29, 1.82) is 0 Å². The predicted octanol–water partition coefficient (Wildman–Crippen LogP) is 4.70. The number of hydrogen-bond donors (Lipinski definition) is 0. The molecule has 0 radical (unpaired) electrons. The van der Waals surface area contributed by atoms with E-state index in [0.717, 1.165) is 53.5 Å². The number of carbonyl (C=O) groups is 3. The molecular formula is C30H33Br3O6Zn3. The Morgan fingerprint density at radius 2 is 0.714 bits per heavy atom. The summed E-state index contributed by atoms with van der Waals surface area (Å²) >= 11 is 10.1. The zero-order valence-corrected chi connectivity index (χ0v) is 38.7. The molecule has 0 aromatic heterocycles. The maximum atomic E-state index is 8.89. The summed E-state index contributed by atoms with van der Waals surface area (Å²) in [6.45, 7) is 9.29. The van der Waals surface area contributed by atoms with Crippen molar-refractivity contribution in [2.75, 3.05) is 0 Å². The first kappa shape index (κ1) is 53.9. The van der Waals surface area contributed by atoms with E-state index in [4.69, 9.17) is 29.7 Å². The molecule has 42 heavy (non-hydrogen) atoms. The van der Waals surface area contributed by atoms with Gasteiger partial charge in [0.2, 0.25) is 0 Å². The van der Waals surface area contributed by atoms with Crippen molar-refractivity contribution in [1.82, 2.24) is 0 Å². The number of hydrogen-bond acceptors (Lipinski definition) is 6. The van der Waals surface area contributed by atoms with Crippen LogP contribution < -0.4 is 15.3 Å². The average Bonchev–Trinajstić information content (AvgIpc) is 2.84. The molecular weight excluding hydrogens is 892 g/mol. The summed E-state index contributed by atoms with van der Waals surface area (Å²) in [4.78, 5) is 26.7. The number of carboxylic acids is 3. The Kier molecular flexibility index (Phi) is 46.9. The van der Waals surface area contributed by atoms with Gasteiger partial charge in [0.1, 0.15) is 0 Å². The zero-order valence-electron chi connectivity index (χ0n) is 25.0. The van der Waals surface area contributed by atoms with Crippen LogP contribution in [0.25, 0.3) is 0 Å². The fourth-order valence-corrected chi connectivity index (χ4v) is 3.29. The van der Waals surface area contributed by atoms with Crippen LogP contribution >= 0.6 is 47.8 Å². The third kappa shape index (κ3) is 46.3. The van der Waals surface area contributed by atoms with Gasteiger partial charge in [-0.05, 0) is 20.8 Å². The van der Waals surface area contributed by atoms with Crippen molar-refractivity contribution in [3.63, 3.8) is 0 Å². The first-order valence-corrected chi connectivity index (χ1v) is 14.1. The van der Waals surface area contributed by atoms with E-state index in [1.165, 1.54) is 16.7 Å². The maximum Gasteiger partial charge on any atom is 2.00 e. The molecule has 0 atom stereocenters. The largest absolute Gasteiger partial charge is 2.00 e. The Bertz CT molecular complexity index is 954. The first-order valence-electron chi connectivity index (χ1n) is 11.7. The van der Waals surface area contributed by atoms with Crippen LogP contribution in [0.4, 0.5) is 0 Å². The number of benzene rings is 3. The molecule has 6 nitrogen and oxygen atoms in total. The summed E-state index contributed by atoms with van der Waals surface area (Å²) in [5.41, 5.74) is 3.76. The molecule has 0 aliphatic rings. The van der Waals surface area contributed by atoms with Crippen molar-refractivity contribution in [2.24, 2.45) is 0 Å². The van der Waals surface area contributed by atoms with Crippen LogP contribution in [0.15, 0.2) is 68.0 Å². The number of carboxylic acid groups (broad SMARTS) is 3. The van der Waals surface area contributed by atoms with Crippen molar-refractivity contribution < 1.29 is 88.1 Å². The van der Waals surface area contributed by atoms with E-state index in [0.29, 0.717) is 0 Å². The third-order valence-electron chi connectivity index (χ3n) is 3.61. The maximum absolute atomic E-state index is 8.89. The smallest absolute Gasteiger partial charge is 0.550 e. The number of rotatable bonds is 3.